The molecule has 1 atom stereocenters. The first-order valence-electron chi connectivity index (χ1n) is 4.73. The number of hydrogen-bond donors (Lipinski definition) is 3. The van der Waals surface area contributed by atoms with E-state index in [1.165, 1.54) is 24.3 Å². The molecular weight excluding hydrogens is 300 g/mol. The molecule has 1 aromatic carbocycles. The maximum Gasteiger partial charge on any atom is 0.692 e. The number of nitrogens with zero attached hydrogens (tertiary/aromatic N) is 1. The standard InChI is InChI=1S/C8H10NO5P.HO3P/c10-9(11)8-3-1-7(2-4-8)5-6-15(12,13)14;1-4(2)3/h1-4H,5-6H2,(H2,12,13,14);(H-,1,2,3). The summed E-state index contributed by atoms with van der Waals surface area (Å²) in [5.74, 6) is 0. The van der Waals surface area contributed by atoms with Gasteiger partial charge in [0, 0.05) is 22.9 Å². The van der Waals surface area contributed by atoms with Crippen molar-refractivity contribution in [1.29, 1.82) is 0 Å². The molecule has 0 saturated heterocycles. The molecule has 1 rings (SSSR count). The van der Waals surface area contributed by atoms with Crippen LogP contribution in [0.2, 0.25) is 0 Å². The molecule has 0 spiro atoms. The van der Waals surface area contributed by atoms with Gasteiger partial charge in [-0.15, -0.1) is 9.79 Å². The van der Waals surface area contributed by atoms with E-state index in [4.69, 9.17) is 19.2 Å². The quantitative estimate of drug-likeness (QED) is 0.406. The average molecular weight is 311 g/mol. The van der Waals surface area contributed by atoms with Crippen molar-refractivity contribution in [2.75, 3.05) is 6.16 Å². The highest BCUT2D eigenvalue weighted by molar-refractivity contribution is 7.50. The summed E-state index contributed by atoms with van der Waals surface area (Å²) in [6.45, 7) is 0. The summed E-state index contributed by atoms with van der Waals surface area (Å²) in [7, 11) is -7.12. The van der Waals surface area contributed by atoms with Crippen molar-refractivity contribution < 1.29 is 33.6 Å². The van der Waals surface area contributed by atoms with Gasteiger partial charge >= 0.3 is 8.25 Å². The van der Waals surface area contributed by atoms with Crippen LogP contribution in [-0.4, -0.2) is 25.8 Å². The molecule has 0 aromatic heterocycles. The van der Waals surface area contributed by atoms with E-state index in [0.717, 1.165) is 0 Å². The first kappa shape index (κ1) is 17.8. The molecule has 0 radical (unpaired) electrons. The van der Waals surface area contributed by atoms with Crippen molar-refractivity contribution in [3.63, 3.8) is 0 Å². The van der Waals surface area contributed by atoms with Gasteiger partial charge in [-0.1, -0.05) is 12.1 Å². The van der Waals surface area contributed by atoms with Gasteiger partial charge < -0.3 is 14.4 Å². The zero-order chi connectivity index (χ0) is 15.1. The van der Waals surface area contributed by atoms with Crippen molar-refractivity contribution >= 4 is 21.5 Å². The van der Waals surface area contributed by atoms with Crippen LogP contribution in [-0.2, 0) is 15.6 Å². The van der Waals surface area contributed by atoms with Gasteiger partial charge in [0.05, 0.1) is 4.92 Å². The van der Waals surface area contributed by atoms with E-state index in [0.29, 0.717) is 5.56 Å². The lowest BCUT2D eigenvalue weighted by Crippen LogP contribution is -2.05. The van der Waals surface area contributed by atoms with Crippen LogP contribution >= 0.6 is 15.9 Å². The molecule has 0 aliphatic carbocycles. The van der Waals surface area contributed by atoms with Gasteiger partial charge in [-0.3, -0.25) is 10.1 Å². The van der Waals surface area contributed by atoms with E-state index in [1.54, 1.807) is 0 Å². The zero-order valence-electron chi connectivity index (χ0n) is 9.45. The lowest BCUT2D eigenvalue weighted by molar-refractivity contribution is -0.384. The predicted molar refractivity (Wildman–Crippen MR) is 63.5 cm³/mol. The maximum absolute atomic E-state index is 10.5. The highest BCUT2D eigenvalue weighted by Crippen LogP contribution is 2.29. The van der Waals surface area contributed by atoms with Gasteiger partial charge in [-0.05, 0) is 12.0 Å². The molecule has 106 valence electrons. The second kappa shape index (κ2) is 8.06. The highest BCUT2D eigenvalue weighted by Gasteiger charge is 2.06. The maximum atomic E-state index is 10.5. The normalized spacial score (nSPS) is 12.8. The third kappa shape index (κ3) is 10.4. The van der Waals surface area contributed by atoms with Crippen molar-refractivity contribution in [2.24, 2.45) is 0 Å². The largest absolute Gasteiger partial charge is 0.779 e. The molecule has 0 saturated carbocycles. The Morgan fingerprint density at radius 1 is 1.26 bits per heavy atom. The summed E-state index contributed by atoms with van der Waals surface area (Å²) >= 11 is 0. The first-order valence-corrected chi connectivity index (χ1v) is 7.66. The molecule has 9 nitrogen and oxygen atoms in total. The zero-order valence-corrected chi connectivity index (χ0v) is 11.2. The molecule has 0 fully saturated rings. The molecule has 3 N–H and O–H groups in total. The van der Waals surface area contributed by atoms with Gasteiger partial charge in [0.15, 0.2) is 0 Å². The summed E-state index contributed by atoms with van der Waals surface area (Å²) in [5, 5.41) is 10.3. The molecule has 0 aliphatic heterocycles. The van der Waals surface area contributed by atoms with Crippen LogP contribution in [0, 0.1) is 10.1 Å². The lowest BCUT2D eigenvalue weighted by Gasteiger charge is -2.14. The Kier molecular flexibility index (Phi) is 7.55. The summed E-state index contributed by atoms with van der Waals surface area (Å²) < 4.78 is 19.2. The Labute approximate surface area is 108 Å². The Morgan fingerprint density at radius 2 is 1.68 bits per heavy atom. The lowest BCUT2D eigenvalue weighted by atomic mass is 10.1. The number of hydrogen-bond acceptors (Lipinski definition) is 5. The van der Waals surface area contributed by atoms with E-state index in [9.17, 15) is 19.6 Å². The molecule has 1 unspecified atom stereocenters. The van der Waals surface area contributed by atoms with Crippen molar-refractivity contribution in [3.05, 3.63) is 39.9 Å². The summed E-state index contributed by atoms with van der Waals surface area (Å²) in [4.78, 5) is 43.0. The highest BCUT2D eigenvalue weighted by atomic mass is 31.2. The van der Waals surface area contributed by atoms with Gasteiger partial charge in [0.1, 0.15) is 7.60 Å². The first-order chi connectivity index (χ1) is 8.61. The molecule has 0 amide bonds. The van der Waals surface area contributed by atoms with Crippen molar-refractivity contribution in [3.8, 4) is 0 Å². The summed E-state index contributed by atoms with van der Waals surface area (Å²) in [5.41, 5.74) is 0.582. The summed E-state index contributed by atoms with van der Waals surface area (Å²) in [6, 6.07) is 5.52. The molecule has 0 aliphatic rings. The van der Waals surface area contributed by atoms with Gasteiger partial charge in [-0.25, -0.2) is 0 Å². The molecule has 0 heterocycles. The van der Waals surface area contributed by atoms with Crippen LogP contribution in [0.1, 0.15) is 5.56 Å². The molecule has 11 heteroatoms. The van der Waals surface area contributed by atoms with E-state index < -0.39 is 20.8 Å². The molecule has 1 aromatic rings. The fraction of sp³-hybridized carbons (Fsp3) is 0.250. The monoisotopic (exact) mass is 311 g/mol. The van der Waals surface area contributed by atoms with Gasteiger partial charge in [0.2, 0.25) is 0 Å². The van der Waals surface area contributed by atoms with Crippen LogP contribution in [0.15, 0.2) is 24.3 Å². The molecule has 0 bridgehead atoms. The number of benzene rings is 1. The Morgan fingerprint density at radius 3 is 2.00 bits per heavy atom. The van der Waals surface area contributed by atoms with Crippen LogP contribution in [0.5, 0.6) is 0 Å². The topological polar surface area (TPSA) is 161 Å². The Balaban J connectivity index is 0.000000711. The number of aryl methyl sites for hydroxylation is 1. The Hall–Kier alpha value is -1.21. The predicted octanol–water partition coefficient (Wildman–Crippen LogP) is 0.311. The smallest absolute Gasteiger partial charge is 0.692 e. The minimum Gasteiger partial charge on any atom is -0.779 e. The van der Waals surface area contributed by atoms with Crippen LogP contribution in [0.25, 0.3) is 0 Å². The van der Waals surface area contributed by atoms with Crippen LogP contribution in [0.3, 0.4) is 0 Å². The third-order valence-corrected chi connectivity index (χ3v) is 2.62. The van der Waals surface area contributed by atoms with Crippen molar-refractivity contribution in [1.82, 2.24) is 0 Å². The second-order valence-electron chi connectivity index (χ2n) is 3.29. The average Bonchev–Trinajstić information content (AvgIpc) is 2.25. The van der Waals surface area contributed by atoms with E-state index >= 15 is 0 Å². The second-order valence-corrected chi connectivity index (χ2v) is 5.51. The fourth-order valence-electron chi connectivity index (χ4n) is 1.05. The molecule has 19 heavy (non-hydrogen) atoms. The number of rotatable bonds is 4. The number of non-ortho nitro benzene ring substituents is 1. The van der Waals surface area contributed by atoms with Gasteiger partial charge in [-0.2, -0.15) is 0 Å². The third-order valence-electron chi connectivity index (χ3n) is 1.83. The SMILES string of the molecule is O=[N+]([O-])c1ccc(CCP(=O)([O-])O)cc1.O=[P+](O)O. The van der Waals surface area contributed by atoms with Crippen LogP contribution < -0.4 is 4.89 Å². The van der Waals surface area contributed by atoms with Crippen molar-refractivity contribution in [2.45, 2.75) is 6.42 Å². The fourth-order valence-corrected chi connectivity index (χ4v) is 1.60. The Bertz CT molecular complexity index is 478. The number of nitro groups is 1. The van der Waals surface area contributed by atoms with E-state index in [2.05, 4.69) is 0 Å². The minimum atomic E-state index is -4.25. The molecular formula is C8H11NO8P2. The minimum absolute atomic E-state index is 0.0481. The number of nitro benzene ring substituents is 1. The van der Waals surface area contributed by atoms with E-state index in [-0.39, 0.29) is 18.3 Å². The van der Waals surface area contributed by atoms with Crippen LogP contribution in [0.4, 0.5) is 5.69 Å². The van der Waals surface area contributed by atoms with E-state index in [1.807, 2.05) is 0 Å². The van der Waals surface area contributed by atoms with Gasteiger partial charge in [0.25, 0.3) is 5.69 Å². The summed E-state index contributed by atoms with van der Waals surface area (Å²) in [6.07, 6.45) is -0.208.